The van der Waals surface area contributed by atoms with Gasteiger partial charge in [0.2, 0.25) is 5.91 Å². The Kier molecular flexibility index (Phi) is 7.52. The Morgan fingerprint density at radius 1 is 1.10 bits per heavy atom. The van der Waals surface area contributed by atoms with Crippen molar-refractivity contribution < 1.29 is 9.53 Å². The van der Waals surface area contributed by atoms with Gasteiger partial charge >= 0.3 is 0 Å². The molecule has 0 spiro atoms. The van der Waals surface area contributed by atoms with E-state index in [4.69, 9.17) is 4.74 Å². The number of carbonyl (C=O) groups excluding carboxylic acids is 1. The molecule has 0 saturated carbocycles. The molecule has 0 unspecified atom stereocenters. The lowest BCUT2D eigenvalue weighted by atomic mass is 10.1. The third-order valence-corrected chi connectivity index (χ3v) is 5.89. The first-order chi connectivity index (χ1) is 14.5. The number of hydrogen-bond donors (Lipinski definition) is 1. The average Bonchev–Trinajstić information content (AvgIpc) is 3.16. The Morgan fingerprint density at radius 3 is 2.53 bits per heavy atom. The second-order valence-corrected chi connectivity index (χ2v) is 8.12. The number of amides is 1. The van der Waals surface area contributed by atoms with Crippen molar-refractivity contribution in [1.29, 1.82) is 0 Å². The molecule has 1 N–H and O–H groups in total. The van der Waals surface area contributed by atoms with Gasteiger partial charge in [-0.15, -0.1) is 10.2 Å². The summed E-state index contributed by atoms with van der Waals surface area (Å²) in [4.78, 5) is 12.5. The highest BCUT2D eigenvalue weighted by Gasteiger charge is 2.16. The predicted molar refractivity (Wildman–Crippen MR) is 122 cm³/mol. The maximum Gasteiger partial charge on any atom is 0.234 e. The number of unbranched alkanes of at least 4 members (excludes halogenated alkanes) is 1. The maximum absolute atomic E-state index is 12.5. The Hall–Kier alpha value is -2.80. The van der Waals surface area contributed by atoms with Gasteiger partial charge in [-0.2, -0.15) is 0 Å². The molecule has 1 amide bonds. The van der Waals surface area contributed by atoms with Crippen molar-refractivity contribution in [2.75, 3.05) is 18.2 Å². The summed E-state index contributed by atoms with van der Waals surface area (Å²) >= 11 is 1.41. The van der Waals surface area contributed by atoms with Crippen molar-refractivity contribution in [2.45, 2.75) is 45.3 Å². The highest BCUT2D eigenvalue weighted by molar-refractivity contribution is 7.99. The molecule has 0 fully saturated rings. The molecule has 0 saturated heterocycles. The molecular formula is C23H28N4O2S. The van der Waals surface area contributed by atoms with Crippen LogP contribution >= 0.6 is 11.8 Å². The molecule has 0 aliphatic rings. The van der Waals surface area contributed by atoms with Gasteiger partial charge < -0.3 is 14.6 Å². The molecule has 3 rings (SSSR count). The van der Waals surface area contributed by atoms with Crippen molar-refractivity contribution in [2.24, 2.45) is 0 Å². The van der Waals surface area contributed by atoms with E-state index >= 15 is 0 Å². The monoisotopic (exact) mass is 424 g/mol. The molecule has 158 valence electrons. The second-order valence-electron chi connectivity index (χ2n) is 7.18. The van der Waals surface area contributed by atoms with E-state index in [2.05, 4.69) is 33.9 Å². The fraction of sp³-hybridized carbons (Fsp3) is 0.348. The maximum atomic E-state index is 12.5. The van der Waals surface area contributed by atoms with Crippen molar-refractivity contribution >= 4 is 23.4 Å². The number of ether oxygens (including phenoxy) is 1. The van der Waals surface area contributed by atoms with Crippen LogP contribution in [0.5, 0.6) is 5.75 Å². The summed E-state index contributed by atoms with van der Waals surface area (Å²) < 4.78 is 7.34. The van der Waals surface area contributed by atoms with Crippen molar-refractivity contribution in [3.05, 3.63) is 53.6 Å². The van der Waals surface area contributed by atoms with Crippen LogP contribution in [0.15, 0.2) is 47.6 Å². The highest BCUT2D eigenvalue weighted by Crippen LogP contribution is 2.26. The Balaban J connectivity index is 1.72. The summed E-state index contributed by atoms with van der Waals surface area (Å²) in [6.07, 6.45) is 2.08. The smallest absolute Gasteiger partial charge is 0.234 e. The quantitative estimate of drug-likeness (QED) is 0.484. The number of nitrogens with zero attached hydrogens (tertiary/aromatic N) is 3. The lowest BCUT2D eigenvalue weighted by Crippen LogP contribution is -2.15. The van der Waals surface area contributed by atoms with E-state index in [1.807, 2.05) is 49.4 Å². The van der Waals surface area contributed by atoms with Crippen LogP contribution in [-0.2, 0) is 11.3 Å². The molecule has 3 aromatic rings. The third kappa shape index (κ3) is 5.42. The van der Waals surface area contributed by atoms with Crippen LogP contribution in [-0.4, -0.2) is 33.5 Å². The summed E-state index contributed by atoms with van der Waals surface area (Å²) in [7, 11) is 1.65. The van der Waals surface area contributed by atoms with Gasteiger partial charge in [0, 0.05) is 17.8 Å². The standard InChI is InChI=1S/C23H28N4O2S/c1-5-6-13-27-22(18-8-11-20(29-4)12-9-18)25-26-23(27)30-15-21(28)24-19-10-7-16(2)17(3)14-19/h7-12,14H,5-6,13,15H2,1-4H3,(H,24,28). The molecule has 2 aromatic carbocycles. The summed E-state index contributed by atoms with van der Waals surface area (Å²) in [5.74, 6) is 1.83. The summed E-state index contributed by atoms with van der Waals surface area (Å²) in [5, 5.41) is 12.5. The molecule has 0 atom stereocenters. The van der Waals surface area contributed by atoms with Crippen molar-refractivity contribution in [1.82, 2.24) is 14.8 Å². The number of aromatic nitrogens is 3. The normalized spacial score (nSPS) is 10.8. The first-order valence-corrected chi connectivity index (χ1v) is 11.1. The number of benzene rings is 2. The number of hydrogen-bond acceptors (Lipinski definition) is 5. The molecule has 7 heteroatoms. The minimum absolute atomic E-state index is 0.0562. The lowest BCUT2D eigenvalue weighted by molar-refractivity contribution is -0.113. The van der Waals surface area contributed by atoms with Gasteiger partial charge in [-0.1, -0.05) is 31.2 Å². The average molecular weight is 425 g/mol. The zero-order valence-corrected chi connectivity index (χ0v) is 18.8. The van der Waals surface area contributed by atoms with E-state index in [1.54, 1.807) is 7.11 Å². The highest BCUT2D eigenvalue weighted by atomic mass is 32.2. The first kappa shape index (κ1) is 21.9. The van der Waals surface area contributed by atoms with Gasteiger partial charge in [0.05, 0.1) is 12.9 Å². The number of thioether (sulfide) groups is 1. The van der Waals surface area contributed by atoms with Gasteiger partial charge in [0.15, 0.2) is 11.0 Å². The minimum atomic E-state index is -0.0562. The van der Waals surface area contributed by atoms with Crippen LogP contribution < -0.4 is 10.1 Å². The second kappa shape index (κ2) is 10.3. The van der Waals surface area contributed by atoms with E-state index in [-0.39, 0.29) is 11.7 Å². The van der Waals surface area contributed by atoms with E-state index in [1.165, 1.54) is 17.3 Å². The van der Waals surface area contributed by atoms with Crippen LogP contribution in [0.25, 0.3) is 11.4 Å². The molecule has 0 radical (unpaired) electrons. The first-order valence-electron chi connectivity index (χ1n) is 10.1. The molecule has 0 aliphatic carbocycles. The summed E-state index contributed by atoms with van der Waals surface area (Å²) in [5.41, 5.74) is 4.15. The number of carbonyl (C=O) groups is 1. The van der Waals surface area contributed by atoms with E-state index in [9.17, 15) is 4.79 Å². The lowest BCUT2D eigenvalue weighted by Gasteiger charge is -2.10. The molecule has 6 nitrogen and oxygen atoms in total. The molecule has 0 aliphatic heterocycles. The number of methoxy groups -OCH3 is 1. The van der Waals surface area contributed by atoms with Crippen LogP contribution in [0.3, 0.4) is 0 Å². The van der Waals surface area contributed by atoms with Crippen LogP contribution in [0.1, 0.15) is 30.9 Å². The topological polar surface area (TPSA) is 69.0 Å². The van der Waals surface area contributed by atoms with Crippen LogP contribution in [0.2, 0.25) is 0 Å². The van der Waals surface area contributed by atoms with Crippen LogP contribution in [0.4, 0.5) is 5.69 Å². The van der Waals surface area contributed by atoms with Crippen LogP contribution in [0, 0.1) is 13.8 Å². The number of nitrogens with one attached hydrogen (secondary N) is 1. The van der Waals surface area contributed by atoms with Gasteiger partial charge in [-0.25, -0.2) is 0 Å². The molecule has 1 aromatic heterocycles. The third-order valence-electron chi connectivity index (χ3n) is 4.92. The summed E-state index contributed by atoms with van der Waals surface area (Å²) in [6, 6.07) is 13.7. The van der Waals surface area contributed by atoms with E-state index in [0.717, 1.165) is 52.9 Å². The summed E-state index contributed by atoms with van der Waals surface area (Å²) in [6.45, 7) is 7.06. The van der Waals surface area contributed by atoms with Gasteiger partial charge in [-0.3, -0.25) is 4.79 Å². The Labute approximate surface area is 182 Å². The number of aryl methyl sites for hydroxylation is 2. The van der Waals surface area contributed by atoms with E-state index in [0.29, 0.717) is 0 Å². The molecular weight excluding hydrogens is 396 g/mol. The molecule has 30 heavy (non-hydrogen) atoms. The zero-order valence-electron chi connectivity index (χ0n) is 17.9. The minimum Gasteiger partial charge on any atom is -0.497 e. The van der Waals surface area contributed by atoms with Crippen molar-refractivity contribution in [3.63, 3.8) is 0 Å². The Bertz CT molecular complexity index is 999. The Morgan fingerprint density at radius 2 is 1.87 bits per heavy atom. The fourth-order valence-electron chi connectivity index (χ4n) is 3.01. The number of anilines is 1. The van der Waals surface area contributed by atoms with Crippen molar-refractivity contribution in [3.8, 4) is 17.1 Å². The molecule has 1 heterocycles. The molecule has 0 bridgehead atoms. The van der Waals surface area contributed by atoms with Gasteiger partial charge in [0.1, 0.15) is 5.75 Å². The SMILES string of the molecule is CCCCn1c(SCC(=O)Nc2ccc(C)c(C)c2)nnc1-c1ccc(OC)cc1. The van der Waals surface area contributed by atoms with Gasteiger partial charge in [0.25, 0.3) is 0 Å². The largest absolute Gasteiger partial charge is 0.497 e. The predicted octanol–water partition coefficient (Wildman–Crippen LogP) is 5.10. The fourth-order valence-corrected chi connectivity index (χ4v) is 3.78. The zero-order chi connectivity index (χ0) is 21.5. The van der Waals surface area contributed by atoms with E-state index < -0.39 is 0 Å². The van der Waals surface area contributed by atoms with Gasteiger partial charge in [-0.05, 0) is 67.8 Å². The number of rotatable bonds is 9.